The van der Waals surface area contributed by atoms with Gasteiger partial charge in [-0.2, -0.15) is 0 Å². The van der Waals surface area contributed by atoms with E-state index in [-0.39, 0.29) is 11.3 Å². The maximum absolute atomic E-state index is 13.8. The number of hydrogen-bond acceptors (Lipinski definition) is 1. The Bertz CT molecular complexity index is 715. The second kappa shape index (κ2) is 4.14. The molecule has 2 aromatic carbocycles. The predicted molar refractivity (Wildman–Crippen MR) is 73.1 cm³/mol. The van der Waals surface area contributed by atoms with E-state index in [9.17, 15) is 9.50 Å². The fraction of sp³-hybridized carbons (Fsp3) is 0. The molecule has 4 heteroatoms. The number of phenols is 1. The smallest absolute Gasteiger partial charge is 0.136 e. The standard InChI is InChI=1S/C14H9BrFNO/c15-9-4-5-11-8(6-9)7-12(17-11)14-10(16)2-1-3-13(14)18/h1-7,17-18H. The zero-order valence-corrected chi connectivity index (χ0v) is 10.8. The van der Waals surface area contributed by atoms with Crippen LogP contribution in [0.15, 0.2) is 46.9 Å². The van der Waals surface area contributed by atoms with Crippen molar-refractivity contribution in [2.24, 2.45) is 0 Å². The molecule has 18 heavy (non-hydrogen) atoms. The summed E-state index contributed by atoms with van der Waals surface area (Å²) in [6.07, 6.45) is 0. The van der Waals surface area contributed by atoms with Crippen molar-refractivity contribution in [1.82, 2.24) is 4.98 Å². The number of H-pyrrole nitrogens is 1. The summed E-state index contributed by atoms with van der Waals surface area (Å²) >= 11 is 3.39. The second-order valence-corrected chi connectivity index (χ2v) is 4.96. The van der Waals surface area contributed by atoms with Crippen molar-refractivity contribution in [2.75, 3.05) is 0 Å². The van der Waals surface area contributed by atoms with Gasteiger partial charge in [-0.05, 0) is 36.4 Å². The van der Waals surface area contributed by atoms with Crippen molar-refractivity contribution < 1.29 is 9.50 Å². The molecule has 2 nitrogen and oxygen atoms in total. The number of nitrogens with one attached hydrogen (secondary N) is 1. The van der Waals surface area contributed by atoms with E-state index in [0.29, 0.717) is 5.69 Å². The number of aromatic nitrogens is 1. The lowest BCUT2D eigenvalue weighted by molar-refractivity contribution is 0.472. The van der Waals surface area contributed by atoms with Gasteiger partial charge in [0.05, 0.1) is 11.3 Å². The molecule has 1 aromatic heterocycles. The van der Waals surface area contributed by atoms with Crippen LogP contribution in [0.3, 0.4) is 0 Å². The van der Waals surface area contributed by atoms with E-state index in [1.807, 2.05) is 24.3 Å². The molecule has 1 heterocycles. The van der Waals surface area contributed by atoms with Gasteiger partial charge in [-0.1, -0.05) is 22.0 Å². The lowest BCUT2D eigenvalue weighted by Crippen LogP contribution is -1.84. The maximum atomic E-state index is 13.8. The Labute approximate surface area is 111 Å². The first kappa shape index (κ1) is 11.3. The zero-order chi connectivity index (χ0) is 12.7. The van der Waals surface area contributed by atoms with Crippen LogP contribution < -0.4 is 0 Å². The van der Waals surface area contributed by atoms with Gasteiger partial charge in [-0.3, -0.25) is 0 Å². The highest BCUT2D eigenvalue weighted by molar-refractivity contribution is 9.10. The van der Waals surface area contributed by atoms with Gasteiger partial charge in [0.15, 0.2) is 0 Å². The summed E-state index contributed by atoms with van der Waals surface area (Å²) in [5, 5.41) is 10.7. The summed E-state index contributed by atoms with van der Waals surface area (Å²) < 4.78 is 14.7. The van der Waals surface area contributed by atoms with Crippen LogP contribution in [0.2, 0.25) is 0 Å². The van der Waals surface area contributed by atoms with Crippen LogP contribution in [0.4, 0.5) is 4.39 Å². The molecule has 90 valence electrons. The number of halogens is 2. The molecule has 0 saturated carbocycles. The number of benzene rings is 2. The third-order valence-electron chi connectivity index (χ3n) is 2.84. The number of fused-ring (bicyclic) bond motifs is 1. The molecule has 0 saturated heterocycles. The minimum atomic E-state index is -0.444. The summed E-state index contributed by atoms with van der Waals surface area (Å²) in [5.41, 5.74) is 1.67. The Hall–Kier alpha value is -1.81. The van der Waals surface area contributed by atoms with Gasteiger partial charge in [0.25, 0.3) is 0 Å². The average Bonchev–Trinajstić information content (AvgIpc) is 2.71. The SMILES string of the molecule is Oc1cccc(F)c1-c1cc2cc(Br)ccc2[nH]1. The number of aromatic hydroxyl groups is 1. The summed E-state index contributed by atoms with van der Waals surface area (Å²) in [7, 11) is 0. The molecule has 0 spiro atoms. The van der Waals surface area contributed by atoms with Crippen molar-refractivity contribution in [1.29, 1.82) is 0 Å². The number of hydrogen-bond donors (Lipinski definition) is 2. The Kier molecular flexibility index (Phi) is 2.59. The summed E-state index contributed by atoms with van der Waals surface area (Å²) in [5.74, 6) is -0.513. The topological polar surface area (TPSA) is 36.0 Å². The first-order valence-electron chi connectivity index (χ1n) is 5.41. The maximum Gasteiger partial charge on any atom is 0.136 e. The Morgan fingerprint density at radius 2 is 1.94 bits per heavy atom. The van der Waals surface area contributed by atoms with Gasteiger partial charge < -0.3 is 10.1 Å². The van der Waals surface area contributed by atoms with E-state index >= 15 is 0 Å². The van der Waals surface area contributed by atoms with E-state index in [1.165, 1.54) is 18.2 Å². The van der Waals surface area contributed by atoms with Gasteiger partial charge in [-0.25, -0.2) is 4.39 Å². The Balaban J connectivity index is 2.26. The van der Waals surface area contributed by atoms with Crippen LogP contribution >= 0.6 is 15.9 Å². The van der Waals surface area contributed by atoms with Gasteiger partial charge in [0.2, 0.25) is 0 Å². The van der Waals surface area contributed by atoms with Crippen LogP contribution in [-0.4, -0.2) is 10.1 Å². The molecule has 2 N–H and O–H groups in total. The molecular formula is C14H9BrFNO. The molecule has 0 amide bonds. The highest BCUT2D eigenvalue weighted by Crippen LogP contribution is 2.33. The molecule has 0 fully saturated rings. The highest BCUT2D eigenvalue weighted by atomic mass is 79.9. The third kappa shape index (κ3) is 1.78. The van der Waals surface area contributed by atoms with E-state index in [0.717, 1.165) is 15.4 Å². The molecular weight excluding hydrogens is 297 g/mol. The largest absolute Gasteiger partial charge is 0.507 e. The molecule has 0 aliphatic heterocycles. The molecule has 0 radical (unpaired) electrons. The van der Waals surface area contributed by atoms with Gasteiger partial charge in [0, 0.05) is 15.4 Å². The lowest BCUT2D eigenvalue weighted by atomic mass is 10.1. The lowest BCUT2D eigenvalue weighted by Gasteiger charge is -2.02. The summed E-state index contributed by atoms with van der Waals surface area (Å²) in [6.45, 7) is 0. The number of phenolic OH excluding ortho intramolecular Hbond substituents is 1. The summed E-state index contributed by atoms with van der Waals surface area (Å²) in [4.78, 5) is 3.10. The number of rotatable bonds is 1. The van der Waals surface area contributed by atoms with E-state index in [2.05, 4.69) is 20.9 Å². The number of aromatic amines is 1. The molecule has 0 atom stereocenters. The van der Waals surface area contributed by atoms with Crippen LogP contribution in [0.5, 0.6) is 5.75 Å². The van der Waals surface area contributed by atoms with Crippen molar-refractivity contribution in [3.05, 3.63) is 52.8 Å². The minimum Gasteiger partial charge on any atom is -0.507 e. The van der Waals surface area contributed by atoms with Gasteiger partial charge >= 0.3 is 0 Å². The predicted octanol–water partition coefficient (Wildman–Crippen LogP) is 4.44. The minimum absolute atomic E-state index is 0.0689. The van der Waals surface area contributed by atoms with Crippen LogP contribution in [0.1, 0.15) is 0 Å². The average molecular weight is 306 g/mol. The van der Waals surface area contributed by atoms with Crippen LogP contribution in [-0.2, 0) is 0 Å². The highest BCUT2D eigenvalue weighted by Gasteiger charge is 2.12. The molecule has 0 aliphatic carbocycles. The Morgan fingerprint density at radius 3 is 2.72 bits per heavy atom. The van der Waals surface area contributed by atoms with Crippen molar-refractivity contribution in [3.63, 3.8) is 0 Å². The zero-order valence-electron chi connectivity index (χ0n) is 9.24. The third-order valence-corrected chi connectivity index (χ3v) is 3.34. The van der Waals surface area contributed by atoms with Crippen molar-refractivity contribution in [3.8, 4) is 17.0 Å². The molecule has 0 unspecified atom stereocenters. The molecule has 0 aliphatic rings. The molecule has 0 bridgehead atoms. The first-order chi connectivity index (χ1) is 8.65. The van der Waals surface area contributed by atoms with Crippen molar-refractivity contribution >= 4 is 26.8 Å². The van der Waals surface area contributed by atoms with Crippen LogP contribution in [0.25, 0.3) is 22.2 Å². The fourth-order valence-corrected chi connectivity index (χ4v) is 2.40. The normalized spacial score (nSPS) is 11.0. The summed E-state index contributed by atoms with van der Waals surface area (Å²) in [6, 6.07) is 11.8. The van der Waals surface area contributed by atoms with Gasteiger partial charge in [0.1, 0.15) is 11.6 Å². The van der Waals surface area contributed by atoms with E-state index in [4.69, 9.17) is 0 Å². The Morgan fingerprint density at radius 1 is 1.11 bits per heavy atom. The van der Waals surface area contributed by atoms with E-state index < -0.39 is 5.82 Å². The van der Waals surface area contributed by atoms with Gasteiger partial charge in [-0.15, -0.1) is 0 Å². The fourth-order valence-electron chi connectivity index (χ4n) is 2.02. The van der Waals surface area contributed by atoms with E-state index in [1.54, 1.807) is 0 Å². The quantitative estimate of drug-likeness (QED) is 0.685. The molecule has 3 rings (SSSR count). The second-order valence-electron chi connectivity index (χ2n) is 4.05. The monoisotopic (exact) mass is 305 g/mol. The first-order valence-corrected chi connectivity index (χ1v) is 6.20. The molecule has 3 aromatic rings. The van der Waals surface area contributed by atoms with Crippen LogP contribution in [0, 0.1) is 5.82 Å². The van der Waals surface area contributed by atoms with Crippen molar-refractivity contribution in [2.45, 2.75) is 0 Å².